The summed E-state index contributed by atoms with van der Waals surface area (Å²) in [4.78, 5) is 15.4. The quantitative estimate of drug-likeness (QED) is 0.169. The van der Waals surface area contributed by atoms with Crippen molar-refractivity contribution >= 4 is 64.2 Å². The molecule has 3 aromatic heterocycles. The van der Waals surface area contributed by atoms with E-state index in [1.165, 1.54) is 36.9 Å². The van der Waals surface area contributed by atoms with E-state index in [0.717, 1.165) is 66.1 Å². The first-order chi connectivity index (χ1) is 29.7. The van der Waals surface area contributed by atoms with E-state index in [4.69, 9.17) is 19.4 Å². The third kappa shape index (κ3) is 5.95. The second-order valence-electron chi connectivity index (χ2n) is 15.2. The molecule has 4 nitrogen and oxygen atoms in total. The molecule has 0 saturated carbocycles. The lowest BCUT2D eigenvalue weighted by Gasteiger charge is -2.12. The average molecular weight is 784 g/mol. The Hall–Kier alpha value is -7.73. The summed E-state index contributed by atoms with van der Waals surface area (Å²) in [5, 5.41) is 7.03. The van der Waals surface area contributed by atoms with Gasteiger partial charge < -0.3 is 4.42 Å². The van der Waals surface area contributed by atoms with Crippen LogP contribution in [0, 0.1) is 0 Å². The number of benzene rings is 9. The predicted octanol–water partition coefficient (Wildman–Crippen LogP) is 15.3. The van der Waals surface area contributed by atoms with E-state index in [2.05, 4.69) is 164 Å². The van der Waals surface area contributed by atoms with Gasteiger partial charge in [-0.2, -0.15) is 0 Å². The SMILES string of the molecule is c1ccc(-c2ccc3cccc(-c4nc(-c5ccccc5)nc(-c5cccc(-c6ccc7c(c6)sc6ccc(-c8ccc9oc%10ccccc%10c9c8)cc67)c5)n4)c3c2)cc1. The fraction of sp³-hybridized carbons (Fsp3) is 0. The predicted molar refractivity (Wildman–Crippen MR) is 250 cm³/mol. The zero-order valence-corrected chi connectivity index (χ0v) is 33.0. The maximum Gasteiger partial charge on any atom is 0.164 e. The van der Waals surface area contributed by atoms with Gasteiger partial charge in [-0.05, 0) is 92.7 Å². The molecular weight excluding hydrogens is 751 g/mol. The van der Waals surface area contributed by atoms with Crippen LogP contribution in [0.25, 0.3) is 120 Å². The van der Waals surface area contributed by atoms with E-state index in [1.54, 1.807) is 0 Å². The van der Waals surface area contributed by atoms with E-state index in [-0.39, 0.29) is 0 Å². The van der Waals surface area contributed by atoms with Crippen molar-refractivity contribution in [2.24, 2.45) is 0 Å². The van der Waals surface area contributed by atoms with Gasteiger partial charge >= 0.3 is 0 Å². The van der Waals surface area contributed by atoms with Crippen LogP contribution in [0.2, 0.25) is 0 Å². The van der Waals surface area contributed by atoms with Gasteiger partial charge in [0, 0.05) is 47.6 Å². The number of thiophene rings is 1. The monoisotopic (exact) mass is 783 g/mol. The molecule has 0 radical (unpaired) electrons. The zero-order chi connectivity index (χ0) is 39.6. The number of nitrogens with zero attached hydrogens (tertiary/aromatic N) is 3. The Morgan fingerprint density at radius 2 is 0.883 bits per heavy atom. The first kappa shape index (κ1) is 34.3. The van der Waals surface area contributed by atoms with Gasteiger partial charge in [-0.3, -0.25) is 0 Å². The molecule has 0 atom stereocenters. The Kier molecular flexibility index (Phi) is 8.00. The van der Waals surface area contributed by atoms with Crippen LogP contribution in [-0.4, -0.2) is 15.0 Å². The smallest absolute Gasteiger partial charge is 0.164 e. The fourth-order valence-corrected chi connectivity index (χ4v) is 9.63. The van der Waals surface area contributed by atoms with Crippen molar-refractivity contribution in [2.45, 2.75) is 0 Å². The fourth-order valence-electron chi connectivity index (χ4n) is 8.50. The number of para-hydroxylation sites is 1. The van der Waals surface area contributed by atoms with E-state index < -0.39 is 0 Å². The normalized spacial score (nSPS) is 11.7. The molecule has 12 aromatic rings. The zero-order valence-electron chi connectivity index (χ0n) is 32.2. The summed E-state index contributed by atoms with van der Waals surface area (Å²) >= 11 is 1.83. The molecule has 0 aliphatic carbocycles. The van der Waals surface area contributed by atoms with Crippen molar-refractivity contribution in [3.8, 4) is 67.5 Å². The van der Waals surface area contributed by atoms with Gasteiger partial charge in [0.05, 0.1) is 0 Å². The summed E-state index contributed by atoms with van der Waals surface area (Å²) in [6, 6.07) is 70.6. The van der Waals surface area contributed by atoms with Crippen LogP contribution < -0.4 is 0 Å². The standard InChI is InChI=1S/C55H33N3OS/c1-3-11-34(12-4-1)38-22-21-35-15-10-19-45(46(35)30-38)55-57-53(36-13-5-2-6-14-36)56-54(58-55)42-17-9-16-37(29-42)41-23-26-44-48-32-40(25-28-51(48)60-52(44)33-41)39-24-27-50-47(31-39)43-18-7-8-20-49(43)59-50/h1-33H. The molecule has 0 unspecified atom stereocenters. The Bertz CT molecular complexity index is 3610. The second kappa shape index (κ2) is 14.0. The Morgan fingerprint density at radius 3 is 1.75 bits per heavy atom. The van der Waals surface area contributed by atoms with Crippen LogP contribution in [0.15, 0.2) is 205 Å². The minimum atomic E-state index is 0.633. The van der Waals surface area contributed by atoms with E-state index >= 15 is 0 Å². The van der Waals surface area contributed by atoms with Crippen molar-refractivity contribution in [2.75, 3.05) is 0 Å². The van der Waals surface area contributed by atoms with Crippen molar-refractivity contribution in [1.82, 2.24) is 15.0 Å². The number of hydrogen-bond donors (Lipinski definition) is 0. The summed E-state index contributed by atoms with van der Waals surface area (Å²) in [5.74, 6) is 1.92. The molecule has 0 aliphatic rings. The second-order valence-corrected chi connectivity index (χ2v) is 16.3. The number of aromatic nitrogens is 3. The van der Waals surface area contributed by atoms with Crippen molar-refractivity contribution < 1.29 is 4.42 Å². The van der Waals surface area contributed by atoms with Crippen LogP contribution in [0.1, 0.15) is 0 Å². The number of rotatable bonds is 6. The molecule has 0 bridgehead atoms. The first-order valence-corrected chi connectivity index (χ1v) is 20.9. The highest BCUT2D eigenvalue weighted by Crippen LogP contribution is 2.40. The van der Waals surface area contributed by atoms with Gasteiger partial charge in [-0.15, -0.1) is 11.3 Å². The summed E-state index contributed by atoms with van der Waals surface area (Å²) < 4.78 is 8.63. The van der Waals surface area contributed by atoms with Crippen LogP contribution >= 0.6 is 11.3 Å². The molecule has 0 spiro atoms. The third-order valence-corrected chi connectivity index (χ3v) is 12.7. The number of hydrogen-bond acceptors (Lipinski definition) is 5. The van der Waals surface area contributed by atoms with Crippen LogP contribution in [0.3, 0.4) is 0 Å². The Labute approximate surface area is 349 Å². The molecule has 0 aliphatic heterocycles. The first-order valence-electron chi connectivity index (χ1n) is 20.1. The molecule has 3 heterocycles. The average Bonchev–Trinajstić information content (AvgIpc) is 3.89. The van der Waals surface area contributed by atoms with E-state index in [9.17, 15) is 0 Å². The highest BCUT2D eigenvalue weighted by atomic mass is 32.1. The van der Waals surface area contributed by atoms with Gasteiger partial charge in [0.2, 0.25) is 0 Å². The molecule has 9 aromatic carbocycles. The number of fused-ring (bicyclic) bond motifs is 7. The molecular formula is C55H33N3OS. The van der Waals surface area contributed by atoms with Crippen LogP contribution in [-0.2, 0) is 0 Å². The lowest BCUT2D eigenvalue weighted by Crippen LogP contribution is -2.00. The van der Waals surface area contributed by atoms with Gasteiger partial charge in [-0.25, -0.2) is 15.0 Å². The minimum Gasteiger partial charge on any atom is -0.456 e. The largest absolute Gasteiger partial charge is 0.456 e. The molecule has 0 N–H and O–H groups in total. The highest BCUT2D eigenvalue weighted by Gasteiger charge is 2.17. The summed E-state index contributed by atoms with van der Waals surface area (Å²) in [5.41, 5.74) is 11.6. The molecule has 0 fully saturated rings. The maximum atomic E-state index is 6.11. The summed E-state index contributed by atoms with van der Waals surface area (Å²) in [6.45, 7) is 0. The minimum absolute atomic E-state index is 0.633. The molecule has 60 heavy (non-hydrogen) atoms. The van der Waals surface area contributed by atoms with E-state index in [0.29, 0.717) is 17.5 Å². The topological polar surface area (TPSA) is 51.8 Å². The van der Waals surface area contributed by atoms with Gasteiger partial charge in [0.15, 0.2) is 17.5 Å². The highest BCUT2D eigenvalue weighted by molar-refractivity contribution is 7.25. The van der Waals surface area contributed by atoms with Gasteiger partial charge in [0.25, 0.3) is 0 Å². The Morgan fingerprint density at radius 1 is 0.300 bits per heavy atom. The van der Waals surface area contributed by atoms with Gasteiger partial charge in [-0.1, -0.05) is 152 Å². The summed E-state index contributed by atoms with van der Waals surface area (Å²) in [6.07, 6.45) is 0. The molecule has 12 rings (SSSR count). The Balaban J connectivity index is 0.934. The van der Waals surface area contributed by atoms with Crippen LogP contribution in [0.5, 0.6) is 0 Å². The van der Waals surface area contributed by atoms with Crippen molar-refractivity contribution in [1.29, 1.82) is 0 Å². The molecule has 5 heteroatoms. The molecule has 280 valence electrons. The lowest BCUT2D eigenvalue weighted by atomic mass is 9.97. The molecule has 0 amide bonds. The van der Waals surface area contributed by atoms with Crippen molar-refractivity contribution in [3.63, 3.8) is 0 Å². The van der Waals surface area contributed by atoms with Crippen LogP contribution in [0.4, 0.5) is 0 Å². The van der Waals surface area contributed by atoms with E-state index in [1.807, 2.05) is 47.7 Å². The number of furan rings is 1. The lowest BCUT2D eigenvalue weighted by molar-refractivity contribution is 0.669. The van der Waals surface area contributed by atoms with Gasteiger partial charge in [0.1, 0.15) is 11.2 Å². The summed E-state index contributed by atoms with van der Waals surface area (Å²) in [7, 11) is 0. The third-order valence-electron chi connectivity index (χ3n) is 11.5. The molecule has 0 saturated heterocycles. The van der Waals surface area contributed by atoms with Crippen molar-refractivity contribution in [3.05, 3.63) is 200 Å². The maximum absolute atomic E-state index is 6.11.